The number of rotatable bonds is 4. The van der Waals surface area contributed by atoms with Gasteiger partial charge in [0, 0.05) is 11.8 Å². The van der Waals surface area contributed by atoms with Gasteiger partial charge in [0.05, 0.1) is 6.61 Å². The van der Waals surface area contributed by atoms with E-state index in [1.165, 1.54) is 6.08 Å². The second kappa shape index (κ2) is 5.14. The Hall–Kier alpha value is -1.84. The Kier molecular flexibility index (Phi) is 3.85. The Bertz CT molecular complexity index is 385. The average Bonchev–Trinajstić information content (AvgIpc) is 2.18. The van der Waals surface area contributed by atoms with E-state index in [0.29, 0.717) is 18.1 Å². The van der Waals surface area contributed by atoms with Crippen molar-refractivity contribution in [3.05, 3.63) is 29.6 Å². The maximum atomic E-state index is 10.4. The summed E-state index contributed by atoms with van der Waals surface area (Å²) >= 11 is 0. The molecule has 15 heavy (non-hydrogen) atoms. The second-order valence-corrected chi connectivity index (χ2v) is 2.94. The van der Waals surface area contributed by atoms with E-state index in [2.05, 4.69) is 4.98 Å². The van der Waals surface area contributed by atoms with Gasteiger partial charge in [0.25, 0.3) is 0 Å². The lowest BCUT2D eigenvalue weighted by atomic mass is 10.2. The molecule has 1 aromatic heterocycles. The van der Waals surface area contributed by atoms with E-state index in [9.17, 15) is 4.79 Å². The summed E-state index contributed by atoms with van der Waals surface area (Å²) in [6, 6.07) is 3.61. The van der Waals surface area contributed by atoms with E-state index < -0.39 is 5.97 Å². The fourth-order valence-corrected chi connectivity index (χ4v) is 1.11. The molecule has 0 amide bonds. The van der Waals surface area contributed by atoms with Crippen molar-refractivity contribution in [1.29, 1.82) is 0 Å². The molecule has 1 N–H and O–H groups in total. The average molecular weight is 207 g/mol. The molecule has 0 bridgehead atoms. The number of aliphatic carboxylic acids is 1. The van der Waals surface area contributed by atoms with Crippen LogP contribution in [0.15, 0.2) is 18.2 Å². The predicted molar refractivity (Wildman–Crippen MR) is 56.8 cm³/mol. The summed E-state index contributed by atoms with van der Waals surface area (Å²) in [5.41, 5.74) is 1.36. The number of aromatic nitrogens is 1. The third kappa shape index (κ3) is 3.42. The van der Waals surface area contributed by atoms with E-state index in [1.54, 1.807) is 6.07 Å². The molecule has 0 aliphatic heterocycles. The number of nitrogens with zero attached hydrogens (tertiary/aromatic N) is 1. The number of aryl methyl sites for hydroxylation is 1. The van der Waals surface area contributed by atoms with Crippen molar-refractivity contribution in [1.82, 2.24) is 4.98 Å². The number of carboxylic acid groups (broad SMARTS) is 1. The standard InChI is InChI=1S/C11H13NO3/c1-3-15-10-6-4-8(2)12-9(10)5-7-11(13)14/h4-7H,3H2,1-2H3,(H,13,14)/b7-5+. The molecule has 0 aliphatic rings. The maximum absolute atomic E-state index is 10.4. The number of carboxylic acids is 1. The lowest BCUT2D eigenvalue weighted by Crippen LogP contribution is -1.97. The fourth-order valence-electron chi connectivity index (χ4n) is 1.11. The number of ether oxygens (including phenoxy) is 1. The van der Waals surface area contributed by atoms with Crippen LogP contribution in [-0.2, 0) is 4.79 Å². The minimum atomic E-state index is -0.999. The first-order chi connectivity index (χ1) is 7.13. The summed E-state index contributed by atoms with van der Waals surface area (Å²) in [5.74, 6) is -0.402. The molecule has 0 atom stereocenters. The van der Waals surface area contributed by atoms with Crippen molar-refractivity contribution in [2.45, 2.75) is 13.8 Å². The molecule has 0 aliphatic carbocycles. The van der Waals surface area contributed by atoms with Gasteiger partial charge in [-0.15, -0.1) is 0 Å². The zero-order valence-electron chi connectivity index (χ0n) is 8.73. The van der Waals surface area contributed by atoms with Crippen LogP contribution in [0.1, 0.15) is 18.3 Å². The molecule has 0 fully saturated rings. The third-order valence-electron chi connectivity index (χ3n) is 1.71. The number of carbonyl (C=O) groups is 1. The zero-order valence-corrected chi connectivity index (χ0v) is 8.73. The molecule has 0 unspecified atom stereocenters. The third-order valence-corrected chi connectivity index (χ3v) is 1.71. The van der Waals surface area contributed by atoms with Gasteiger partial charge in [0.2, 0.25) is 0 Å². The second-order valence-electron chi connectivity index (χ2n) is 2.94. The Balaban J connectivity index is 3.01. The zero-order chi connectivity index (χ0) is 11.3. The van der Waals surface area contributed by atoms with Crippen LogP contribution in [0.5, 0.6) is 5.75 Å². The van der Waals surface area contributed by atoms with Gasteiger partial charge in [-0.1, -0.05) is 0 Å². The Labute approximate surface area is 88.2 Å². The minimum Gasteiger partial charge on any atom is -0.492 e. The molecule has 1 heterocycles. The van der Waals surface area contributed by atoms with Gasteiger partial charge < -0.3 is 9.84 Å². The molecule has 0 saturated heterocycles. The molecule has 1 rings (SSSR count). The maximum Gasteiger partial charge on any atom is 0.328 e. The highest BCUT2D eigenvalue weighted by atomic mass is 16.5. The highest BCUT2D eigenvalue weighted by molar-refractivity contribution is 5.85. The van der Waals surface area contributed by atoms with E-state index in [1.807, 2.05) is 19.9 Å². The van der Waals surface area contributed by atoms with Crippen molar-refractivity contribution in [3.8, 4) is 5.75 Å². The van der Waals surface area contributed by atoms with Crippen LogP contribution in [0.4, 0.5) is 0 Å². The molecule has 0 radical (unpaired) electrons. The van der Waals surface area contributed by atoms with Crippen molar-refractivity contribution >= 4 is 12.0 Å². The SMILES string of the molecule is CCOc1ccc(C)nc1/C=C/C(=O)O. The molecule has 4 nitrogen and oxygen atoms in total. The van der Waals surface area contributed by atoms with Crippen LogP contribution in [-0.4, -0.2) is 22.7 Å². The van der Waals surface area contributed by atoms with Crippen LogP contribution in [0.25, 0.3) is 6.08 Å². The molecule has 0 aromatic carbocycles. The van der Waals surface area contributed by atoms with Crippen LogP contribution in [0.3, 0.4) is 0 Å². The number of pyridine rings is 1. The summed E-state index contributed by atoms with van der Waals surface area (Å²) in [7, 11) is 0. The van der Waals surface area contributed by atoms with Crippen molar-refractivity contribution in [3.63, 3.8) is 0 Å². The fraction of sp³-hybridized carbons (Fsp3) is 0.273. The van der Waals surface area contributed by atoms with Gasteiger partial charge in [0.1, 0.15) is 11.4 Å². The van der Waals surface area contributed by atoms with Gasteiger partial charge in [0.15, 0.2) is 0 Å². The molecule has 1 aromatic rings. The smallest absolute Gasteiger partial charge is 0.328 e. The highest BCUT2D eigenvalue weighted by Crippen LogP contribution is 2.18. The first-order valence-corrected chi connectivity index (χ1v) is 4.65. The first kappa shape index (κ1) is 11.2. The van der Waals surface area contributed by atoms with Crippen LogP contribution < -0.4 is 4.74 Å². The van der Waals surface area contributed by atoms with Crippen LogP contribution in [0.2, 0.25) is 0 Å². The van der Waals surface area contributed by atoms with Crippen LogP contribution >= 0.6 is 0 Å². The Morgan fingerprint density at radius 3 is 2.93 bits per heavy atom. The molecule has 0 spiro atoms. The summed E-state index contributed by atoms with van der Waals surface area (Å²) in [6.45, 7) is 4.23. The quantitative estimate of drug-likeness (QED) is 0.766. The minimum absolute atomic E-state index is 0.526. The van der Waals surface area contributed by atoms with Gasteiger partial charge in [-0.3, -0.25) is 0 Å². The predicted octanol–water partition coefficient (Wildman–Crippen LogP) is 1.89. The van der Waals surface area contributed by atoms with Gasteiger partial charge >= 0.3 is 5.97 Å². The molecule has 4 heteroatoms. The lowest BCUT2D eigenvalue weighted by molar-refractivity contribution is -0.131. The highest BCUT2D eigenvalue weighted by Gasteiger charge is 2.02. The molecule has 0 saturated carbocycles. The van der Waals surface area contributed by atoms with E-state index in [4.69, 9.17) is 9.84 Å². The van der Waals surface area contributed by atoms with Gasteiger partial charge in [-0.2, -0.15) is 0 Å². The largest absolute Gasteiger partial charge is 0.492 e. The monoisotopic (exact) mass is 207 g/mol. The first-order valence-electron chi connectivity index (χ1n) is 4.65. The number of hydrogen-bond acceptors (Lipinski definition) is 3. The normalized spacial score (nSPS) is 10.5. The molecular weight excluding hydrogens is 194 g/mol. The number of hydrogen-bond donors (Lipinski definition) is 1. The summed E-state index contributed by atoms with van der Waals surface area (Å²) in [5, 5.41) is 8.51. The molecular formula is C11H13NO3. The lowest BCUT2D eigenvalue weighted by Gasteiger charge is -2.06. The Morgan fingerprint density at radius 2 is 2.33 bits per heavy atom. The van der Waals surface area contributed by atoms with Crippen molar-refractivity contribution < 1.29 is 14.6 Å². The summed E-state index contributed by atoms with van der Waals surface area (Å²) < 4.78 is 5.32. The van der Waals surface area contributed by atoms with Crippen molar-refractivity contribution in [2.24, 2.45) is 0 Å². The van der Waals surface area contributed by atoms with Crippen LogP contribution in [0, 0.1) is 6.92 Å². The van der Waals surface area contributed by atoms with Crippen molar-refractivity contribution in [2.75, 3.05) is 6.61 Å². The molecule has 80 valence electrons. The summed E-state index contributed by atoms with van der Waals surface area (Å²) in [4.78, 5) is 14.6. The van der Waals surface area contributed by atoms with E-state index in [-0.39, 0.29) is 0 Å². The van der Waals surface area contributed by atoms with E-state index >= 15 is 0 Å². The van der Waals surface area contributed by atoms with E-state index in [0.717, 1.165) is 11.8 Å². The van der Waals surface area contributed by atoms with Gasteiger partial charge in [-0.05, 0) is 32.1 Å². The Morgan fingerprint density at radius 1 is 1.60 bits per heavy atom. The topological polar surface area (TPSA) is 59.4 Å². The summed E-state index contributed by atoms with van der Waals surface area (Å²) in [6.07, 6.45) is 2.48. The van der Waals surface area contributed by atoms with Gasteiger partial charge in [-0.25, -0.2) is 9.78 Å².